The van der Waals surface area contributed by atoms with E-state index < -0.39 is 6.98 Å². The van der Waals surface area contributed by atoms with E-state index in [1.807, 2.05) is 24.3 Å². The molecule has 1 saturated heterocycles. The van der Waals surface area contributed by atoms with Gasteiger partial charge in [-0.25, -0.2) is 0 Å². The molecule has 1 spiro atoms. The second-order valence-electron chi connectivity index (χ2n) is 8.96. The molecule has 1 fully saturated rings. The van der Waals surface area contributed by atoms with Crippen LogP contribution in [-0.4, -0.2) is 16.7 Å². The van der Waals surface area contributed by atoms with Crippen LogP contribution >= 0.6 is 6.98 Å². The van der Waals surface area contributed by atoms with Crippen LogP contribution in [0.1, 0.15) is 63.7 Å². The number of rotatable bonds is 4. The third kappa shape index (κ3) is 2.25. The van der Waals surface area contributed by atoms with Gasteiger partial charge in [0, 0.05) is 0 Å². The van der Waals surface area contributed by atoms with Gasteiger partial charge in [0.15, 0.2) is 0 Å². The number of amides is 1. The second-order valence-corrected chi connectivity index (χ2v) is 13.5. The van der Waals surface area contributed by atoms with Crippen molar-refractivity contribution in [2.75, 3.05) is 0 Å². The van der Waals surface area contributed by atoms with Crippen LogP contribution in [0, 0.1) is 0 Å². The summed E-state index contributed by atoms with van der Waals surface area (Å²) in [6.45, 7) is 5.51. The van der Waals surface area contributed by atoms with E-state index >= 15 is 0 Å². The van der Waals surface area contributed by atoms with Gasteiger partial charge >= 0.3 is 162 Å². The van der Waals surface area contributed by atoms with Crippen molar-refractivity contribution in [3.05, 3.63) is 60.2 Å². The van der Waals surface area contributed by atoms with Gasteiger partial charge in [-0.15, -0.1) is 0 Å². The van der Waals surface area contributed by atoms with Crippen LogP contribution in [0.5, 0.6) is 0 Å². The summed E-state index contributed by atoms with van der Waals surface area (Å²) in [6.07, 6.45) is 4.22. The number of hydrogen-bond acceptors (Lipinski definition) is 2. The molecular formula is C23H30NO2P. The molecule has 0 radical (unpaired) electrons. The minimum absolute atomic E-state index is 0.00698. The molecule has 0 aromatic heterocycles. The van der Waals surface area contributed by atoms with Crippen LogP contribution in [0.25, 0.3) is 0 Å². The summed E-state index contributed by atoms with van der Waals surface area (Å²) >= 11 is 0. The van der Waals surface area contributed by atoms with Gasteiger partial charge in [-0.1, -0.05) is 0 Å². The Bertz CT molecular complexity index is 896. The van der Waals surface area contributed by atoms with Crippen molar-refractivity contribution in [3.8, 4) is 0 Å². The van der Waals surface area contributed by atoms with E-state index in [2.05, 4.69) is 63.1 Å². The SMILES string of the molecule is CCCC[C@@]1(C)CC(C)(C)OP12(c1ccccc1)NC(=O)c1ccccc12. The summed E-state index contributed by atoms with van der Waals surface area (Å²) in [5.41, 5.74) is 0.473. The molecule has 1 N–H and O–H groups in total. The quantitative estimate of drug-likeness (QED) is 0.762. The zero-order chi connectivity index (χ0) is 19.4. The normalized spacial score (nSPS) is 28.3. The first kappa shape index (κ1) is 18.7. The Hall–Kier alpha value is -1.70. The van der Waals surface area contributed by atoms with E-state index in [4.69, 9.17) is 4.52 Å². The molecule has 0 aliphatic carbocycles. The predicted octanol–water partition coefficient (Wildman–Crippen LogP) is 4.91. The number of hydrogen-bond donors (Lipinski definition) is 1. The Morgan fingerprint density at radius 1 is 1.04 bits per heavy atom. The molecule has 4 rings (SSSR count). The van der Waals surface area contributed by atoms with Crippen molar-refractivity contribution in [1.82, 2.24) is 5.09 Å². The molecule has 0 bridgehead atoms. The van der Waals surface area contributed by atoms with E-state index in [0.717, 1.165) is 41.9 Å². The third-order valence-corrected chi connectivity index (χ3v) is 13.0. The Morgan fingerprint density at radius 3 is 2.41 bits per heavy atom. The van der Waals surface area contributed by atoms with E-state index in [1.54, 1.807) is 0 Å². The maximum atomic E-state index is 13.2. The van der Waals surface area contributed by atoms with Gasteiger partial charge < -0.3 is 0 Å². The van der Waals surface area contributed by atoms with Crippen molar-refractivity contribution in [2.45, 2.75) is 64.1 Å². The standard InChI is InChI=1S/C23H30NO2P/c1-5-6-16-23(4)17-22(2,3)26-27(23,18-12-8-7-9-13-18)20-15-11-10-14-19(20)21(25)24-27/h7-15H,5-6,16-17H2,1-4H3,(H,24,25)/t23-/m0/s1. The van der Waals surface area contributed by atoms with Crippen LogP contribution in [0.2, 0.25) is 0 Å². The number of carbonyl (C=O) groups excluding carboxylic acids is 1. The average Bonchev–Trinajstić information content (AvgIpc) is 3.02. The summed E-state index contributed by atoms with van der Waals surface area (Å²) < 4.78 is 7.18. The maximum absolute atomic E-state index is 13.2. The van der Waals surface area contributed by atoms with E-state index in [1.165, 1.54) is 0 Å². The summed E-state index contributed by atoms with van der Waals surface area (Å²) in [6, 6.07) is 18.6. The Kier molecular flexibility index (Phi) is 4.07. The fourth-order valence-electron chi connectivity index (χ4n) is 5.69. The van der Waals surface area contributed by atoms with Gasteiger partial charge in [-0.2, -0.15) is 0 Å². The van der Waals surface area contributed by atoms with Crippen LogP contribution in [0.4, 0.5) is 0 Å². The first-order chi connectivity index (χ1) is 12.8. The molecule has 0 saturated carbocycles. The van der Waals surface area contributed by atoms with Crippen molar-refractivity contribution in [1.29, 1.82) is 0 Å². The van der Waals surface area contributed by atoms with Crippen molar-refractivity contribution >= 4 is 23.5 Å². The number of carbonyl (C=O) groups is 1. The van der Waals surface area contributed by atoms with Crippen LogP contribution < -0.4 is 15.7 Å². The van der Waals surface area contributed by atoms with Crippen LogP contribution in [0.3, 0.4) is 0 Å². The molecule has 2 aromatic rings. The fraction of sp³-hybridized carbons (Fsp3) is 0.435. The van der Waals surface area contributed by atoms with Crippen molar-refractivity contribution in [2.24, 2.45) is 0 Å². The fourth-order valence-corrected chi connectivity index (χ4v) is 12.7. The molecule has 4 heteroatoms. The molecule has 1 atom stereocenters. The van der Waals surface area contributed by atoms with Gasteiger partial charge in [-0.05, 0) is 0 Å². The summed E-state index contributed by atoms with van der Waals surface area (Å²) in [7, 11) is 0. The second kappa shape index (κ2) is 5.90. The Morgan fingerprint density at radius 2 is 1.70 bits per heavy atom. The molecule has 1 amide bonds. The topological polar surface area (TPSA) is 38.3 Å². The number of fused-ring (bicyclic) bond motifs is 2. The van der Waals surface area contributed by atoms with Gasteiger partial charge in [0.05, 0.1) is 0 Å². The van der Waals surface area contributed by atoms with Gasteiger partial charge in [0.2, 0.25) is 0 Å². The minimum atomic E-state index is -3.42. The molecule has 2 aliphatic heterocycles. The zero-order valence-corrected chi connectivity index (χ0v) is 17.7. The van der Waals surface area contributed by atoms with Gasteiger partial charge in [-0.3, -0.25) is 0 Å². The van der Waals surface area contributed by atoms with Crippen LogP contribution in [0.15, 0.2) is 54.6 Å². The monoisotopic (exact) mass is 383 g/mol. The summed E-state index contributed by atoms with van der Waals surface area (Å²) in [5, 5.41) is 5.64. The van der Waals surface area contributed by atoms with E-state index in [0.29, 0.717) is 0 Å². The van der Waals surface area contributed by atoms with Crippen LogP contribution in [-0.2, 0) is 4.52 Å². The molecular weight excluding hydrogens is 353 g/mol. The number of benzene rings is 2. The Balaban J connectivity index is 2.13. The molecule has 2 heterocycles. The van der Waals surface area contributed by atoms with E-state index in [-0.39, 0.29) is 16.7 Å². The number of nitrogens with one attached hydrogen (secondary N) is 1. The molecule has 2 aromatic carbocycles. The summed E-state index contributed by atoms with van der Waals surface area (Å²) in [4.78, 5) is 13.2. The van der Waals surface area contributed by atoms with Gasteiger partial charge in [0.1, 0.15) is 0 Å². The van der Waals surface area contributed by atoms with E-state index in [9.17, 15) is 4.79 Å². The first-order valence-electron chi connectivity index (χ1n) is 9.99. The molecule has 144 valence electrons. The average molecular weight is 383 g/mol. The molecule has 2 aliphatic rings. The number of unbranched alkanes of at least 4 members (excludes halogenated alkanes) is 1. The zero-order valence-electron chi connectivity index (χ0n) is 16.8. The predicted molar refractivity (Wildman–Crippen MR) is 114 cm³/mol. The molecule has 27 heavy (non-hydrogen) atoms. The molecule has 3 nitrogen and oxygen atoms in total. The third-order valence-electron chi connectivity index (χ3n) is 6.51. The summed E-state index contributed by atoms with van der Waals surface area (Å²) in [5.74, 6) is 0.00698. The van der Waals surface area contributed by atoms with Crippen molar-refractivity contribution < 1.29 is 9.32 Å². The molecule has 0 unspecified atom stereocenters. The van der Waals surface area contributed by atoms with Crippen molar-refractivity contribution in [3.63, 3.8) is 0 Å². The van der Waals surface area contributed by atoms with Gasteiger partial charge in [0.25, 0.3) is 0 Å². The first-order valence-corrected chi connectivity index (χ1v) is 12.1. The Labute approximate surface area is 162 Å².